The number of carbonyl (C=O) groups is 2. The quantitative estimate of drug-likeness (QED) is 0.527. The second-order valence-corrected chi connectivity index (χ2v) is 9.69. The number of hydrogen-bond acceptors (Lipinski definition) is 2. The lowest BCUT2D eigenvalue weighted by Gasteiger charge is -2.31. The van der Waals surface area contributed by atoms with Crippen molar-refractivity contribution in [3.8, 4) is 0 Å². The minimum Gasteiger partial charge on any atom is -0.350 e. The van der Waals surface area contributed by atoms with E-state index in [0.29, 0.717) is 25.7 Å². The maximum absolute atomic E-state index is 13.3. The van der Waals surface area contributed by atoms with E-state index >= 15 is 0 Å². The molecule has 2 amide bonds. The number of halogens is 4. The maximum Gasteiger partial charge on any atom is 0.242 e. The fourth-order valence-corrected chi connectivity index (χ4v) is 3.70. The third kappa shape index (κ3) is 6.78. The number of carbonyl (C=O) groups excluding carboxylic acids is 2. The number of amides is 2. The number of hydrogen-bond donors (Lipinski definition) is 1. The third-order valence-electron chi connectivity index (χ3n) is 4.39. The van der Waals surface area contributed by atoms with Gasteiger partial charge in [-0.15, -0.1) is 0 Å². The van der Waals surface area contributed by atoms with Crippen LogP contribution in [-0.4, -0.2) is 28.3 Å². The van der Waals surface area contributed by atoms with Crippen molar-refractivity contribution >= 4 is 58.2 Å². The van der Waals surface area contributed by atoms with E-state index in [-0.39, 0.29) is 24.8 Å². The molecule has 0 unspecified atom stereocenters. The van der Waals surface area contributed by atoms with Crippen LogP contribution < -0.4 is 5.32 Å². The van der Waals surface area contributed by atoms with Gasteiger partial charge in [0.25, 0.3) is 0 Å². The van der Waals surface area contributed by atoms with Gasteiger partial charge in [0.2, 0.25) is 11.8 Å². The highest BCUT2D eigenvalue weighted by molar-refractivity contribution is 6.42. The van der Waals surface area contributed by atoms with Crippen molar-refractivity contribution in [3.63, 3.8) is 0 Å². The van der Waals surface area contributed by atoms with Crippen molar-refractivity contribution in [2.45, 2.75) is 52.2 Å². The lowest BCUT2D eigenvalue weighted by Crippen LogP contribution is -2.52. The molecule has 0 heterocycles. The summed E-state index contributed by atoms with van der Waals surface area (Å²) in [5.74, 6) is -0.547. The van der Waals surface area contributed by atoms with Crippen molar-refractivity contribution in [2.75, 3.05) is 0 Å². The van der Waals surface area contributed by atoms with E-state index in [9.17, 15) is 9.59 Å². The predicted octanol–water partition coefficient (Wildman–Crippen LogP) is 6.17. The molecular weight excluding hydrogens is 466 g/mol. The number of rotatable bonds is 6. The molecule has 0 saturated heterocycles. The number of nitrogens with zero attached hydrogens (tertiary/aromatic N) is 1. The molecule has 8 heteroatoms. The van der Waals surface area contributed by atoms with Gasteiger partial charge in [0, 0.05) is 22.1 Å². The minimum absolute atomic E-state index is 0.0348. The van der Waals surface area contributed by atoms with E-state index in [0.717, 1.165) is 5.56 Å². The molecule has 2 aromatic carbocycles. The van der Waals surface area contributed by atoms with Gasteiger partial charge in [-0.2, -0.15) is 0 Å². The van der Waals surface area contributed by atoms with E-state index in [2.05, 4.69) is 5.32 Å². The van der Waals surface area contributed by atoms with Gasteiger partial charge in [0.1, 0.15) is 6.04 Å². The summed E-state index contributed by atoms with van der Waals surface area (Å²) in [6, 6.07) is 9.45. The zero-order valence-electron chi connectivity index (χ0n) is 17.2. The highest BCUT2D eigenvalue weighted by Gasteiger charge is 2.29. The van der Waals surface area contributed by atoms with Crippen LogP contribution in [0, 0.1) is 0 Å². The Bertz CT molecular complexity index is 921. The first-order valence-electron chi connectivity index (χ1n) is 9.37. The smallest absolute Gasteiger partial charge is 0.242 e. The van der Waals surface area contributed by atoms with Crippen molar-refractivity contribution in [2.24, 2.45) is 0 Å². The monoisotopic (exact) mass is 488 g/mol. The first kappa shape index (κ1) is 24.8. The van der Waals surface area contributed by atoms with E-state index in [1.165, 1.54) is 4.90 Å². The summed E-state index contributed by atoms with van der Waals surface area (Å²) in [5, 5.41) is 4.51. The Balaban J connectivity index is 2.34. The molecule has 0 fully saturated rings. The van der Waals surface area contributed by atoms with Gasteiger partial charge in [0.15, 0.2) is 0 Å². The fraction of sp³-hybridized carbons (Fsp3) is 0.364. The van der Waals surface area contributed by atoms with Gasteiger partial charge < -0.3 is 10.2 Å². The lowest BCUT2D eigenvalue weighted by molar-refractivity contribution is -0.140. The van der Waals surface area contributed by atoms with Gasteiger partial charge in [-0.25, -0.2) is 0 Å². The summed E-state index contributed by atoms with van der Waals surface area (Å²) in [6.45, 7) is 7.51. The molecule has 0 aromatic heterocycles. The molecule has 0 aliphatic heterocycles. The second-order valence-electron chi connectivity index (χ2n) is 8.06. The normalized spacial score (nSPS) is 12.4. The zero-order valence-corrected chi connectivity index (χ0v) is 20.3. The second kappa shape index (κ2) is 10.2. The van der Waals surface area contributed by atoms with Crippen molar-refractivity contribution in [1.82, 2.24) is 10.2 Å². The topological polar surface area (TPSA) is 49.4 Å². The molecule has 0 aliphatic carbocycles. The third-order valence-corrected chi connectivity index (χ3v) is 5.84. The first-order chi connectivity index (χ1) is 13.9. The summed E-state index contributed by atoms with van der Waals surface area (Å²) >= 11 is 24.6. The molecule has 1 N–H and O–H groups in total. The Kier molecular flexibility index (Phi) is 8.46. The van der Waals surface area contributed by atoms with Gasteiger partial charge in [-0.05, 0) is 63.1 Å². The molecule has 0 aliphatic rings. The van der Waals surface area contributed by atoms with Crippen LogP contribution in [0.25, 0.3) is 0 Å². The summed E-state index contributed by atoms with van der Waals surface area (Å²) in [5.41, 5.74) is 0.835. The average Bonchev–Trinajstić information content (AvgIpc) is 2.63. The number of benzene rings is 2. The molecule has 0 radical (unpaired) electrons. The fourth-order valence-electron chi connectivity index (χ4n) is 2.85. The summed E-state index contributed by atoms with van der Waals surface area (Å²) in [7, 11) is 0. The summed E-state index contributed by atoms with van der Waals surface area (Å²) < 4.78 is 0. The van der Waals surface area contributed by atoms with Gasteiger partial charge in [0.05, 0.1) is 16.5 Å². The molecule has 0 bridgehead atoms. The SMILES string of the molecule is C[C@@H](C(=O)NC(C)(C)C)N(Cc1ccc(Cl)c(Cl)c1)C(=O)Cc1c(Cl)cccc1Cl. The van der Waals surface area contributed by atoms with E-state index in [1.54, 1.807) is 43.3 Å². The Morgan fingerprint density at radius 2 is 1.57 bits per heavy atom. The molecule has 0 spiro atoms. The van der Waals surface area contributed by atoms with Crippen LogP contribution in [0.3, 0.4) is 0 Å². The Morgan fingerprint density at radius 3 is 2.10 bits per heavy atom. The molecule has 2 rings (SSSR count). The number of nitrogens with one attached hydrogen (secondary N) is 1. The van der Waals surface area contributed by atoms with Crippen molar-refractivity contribution in [3.05, 3.63) is 67.6 Å². The zero-order chi connectivity index (χ0) is 22.6. The Labute approximate surface area is 197 Å². The molecule has 4 nitrogen and oxygen atoms in total. The van der Waals surface area contributed by atoms with Crippen LogP contribution in [0.2, 0.25) is 20.1 Å². The highest BCUT2D eigenvalue weighted by Crippen LogP contribution is 2.27. The average molecular weight is 490 g/mol. The van der Waals surface area contributed by atoms with Gasteiger partial charge in [-0.1, -0.05) is 58.5 Å². The summed E-state index contributed by atoms with van der Waals surface area (Å²) in [4.78, 5) is 27.5. The lowest BCUT2D eigenvalue weighted by atomic mass is 10.1. The van der Waals surface area contributed by atoms with Crippen LogP contribution in [-0.2, 0) is 22.6 Å². The first-order valence-corrected chi connectivity index (χ1v) is 10.9. The molecular formula is C22H24Cl4N2O2. The Morgan fingerprint density at radius 1 is 0.967 bits per heavy atom. The standard InChI is InChI=1S/C22H24Cl4N2O2/c1-13(21(30)27-22(2,3)4)28(12-14-8-9-18(25)19(26)10-14)20(29)11-15-16(23)6-5-7-17(15)24/h5-10,13H,11-12H2,1-4H3,(H,27,30)/t13-/m0/s1. The minimum atomic E-state index is -0.729. The van der Waals surface area contributed by atoms with E-state index in [1.807, 2.05) is 20.8 Å². The van der Waals surface area contributed by atoms with Gasteiger partial charge >= 0.3 is 0 Å². The van der Waals surface area contributed by atoms with Gasteiger partial charge in [-0.3, -0.25) is 9.59 Å². The van der Waals surface area contributed by atoms with Crippen LogP contribution in [0.15, 0.2) is 36.4 Å². The van der Waals surface area contributed by atoms with E-state index < -0.39 is 11.6 Å². The van der Waals surface area contributed by atoms with Crippen LogP contribution in [0.1, 0.15) is 38.8 Å². The molecule has 0 saturated carbocycles. The maximum atomic E-state index is 13.3. The highest BCUT2D eigenvalue weighted by atomic mass is 35.5. The molecule has 2 aromatic rings. The van der Waals surface area contributed by atoms with Crippen LogP contribution in [0.5, 0.6) is 0 Å². The van der Waals surface area contributed by atoms with Crippen LogP contribution in [0.4, 0.5) is 0 Å². The van der Waals surface area contributed by atoms with E-state index in [4.69, 9.17) is 46.4 Å². The Hall–Kier alpha value is -1.46. The molecule has 162 valence electrons. The van der Waals surface area contributed by atoms with Crippen molar-refractivity contribution < 1.29 is 9.59 Å². The predicted molar refractivity (Wildman–Crippen MR) is 125 cm³/mol. The molecule has 1 atom stereocenters. The van der Waals surface area contributed by atoms with Crippen molar-refractivity contribution in [1.29, 1.82) is 0 Å². The molecule has 30 heavy (non-hydrogen) atoms. The van der Waals surface area contributed by atoms with Crippen LogP contribution >= 0.6 is 46.4 Å². The largest absolute Gasteiger partial charge is 0.350 e. The summed E-state index contributed by atoms with van der Waals surface area (Å²) in [6.07, 6.45) is -0.0348.